The second kappa shape index (κ2) is 5.97. The number of aliphatic carboxylic acids is 1. The van der Waals surface area contributed by atoms with Gasteiger partial charge in [0.15, 0.2) is 6.10 Å². The molecule has 86 valence electrons. The summed E-state index contributed by atoms with van der Waals surface area (Å²) in [6.45, 7) is 0.212. The molecule has 0 saturated carbocycles. The summed E-state index contributed by atoms with van der Waals surface area (Å²) >= 11 is 1.62. The Labute approximate surface area is 92.2 Å². The van der Waals surface area contributed by atoms with Crippen molar-refractivity contribution in [2.45, 2.75) is 30.6 Å². The number of hydrogen-bond donors (Lipinski definition) is 3. The van der Waals surface area contributed by atoms with Gasteiger partial charge in [-0.05, 0) is 18.6 Å². The van der Waals surface area contributed by atoms with Crippen LogP contribution < -0.4 is 5.32 Å². The third-order valence-electron chi connectivity index (χ3n) is 2.22. The number of amides is 1. The molecule has 1 unspecified atom stereocenters. The summed E-state index contributed by atoms with van der Waals surface area (Å²) < 4.78 is 0. The van der Waals surface area contributed by atoms with Crippen LogP contribution in [0.4, 0.5) is 0 Å². The fourth-order valence-corrected chi connectivity index (χ4v) is 2.54. The molecule has 0 bridgehead atoms. The first-order valence-corrected chi connectivity index (χ1v) is 5.96. The number of carbonyl (C=O) groups excluding carboxylic acids is 1. The number of aliphatic hydroxyl groups excluding tert-OH is 1. The lowest BCUT2D eigenvalue weighted by atomic mass is 10.2. The standard InChI is InChI=1S/C9H15NO4S/c11-6(9(13)14)3-4-10-8(12)7-2-1-5-15-7/h6-7,11H,1-5H2,(H,10,12)(H,13,14)/t6-,7?/m0/s1. The summed E-state index contributed by atoms with van der Waals surface area (Å²) in [5.41, 5.74) is 0. The van der Waals surface area contributed by atoms with Gasteiger partial charge < -0.3 is 15.5 Å². The van der Waals surface area contributed by atoms with E-state index in [1.165, 1.54) is 0 Å². The van der Waals surface area contributed by atoms with Crippen molar-refractivity contribution >= 4 is 23.6 Å². The van der Waals surface area contributed by atoms with E-state index in [1.807, 2.05) is 0 Å². The highest BCUT2D eigenvalue weighted by Crippen LogP contribution is 2.25. The van der Waals surface area contributed by atoms with Crippen molar-refractivity contribution in [2.24, 2.45) is 0 Å². The van der Waals surface area contributed by atoms with Crippen molar-refractivity contribution in [1.29, 1.82) is 0 Å². The number of hydrogen-bond acceptors (Lipinski definition) is 4. The minimum absolute atomic E-state index is 0.00645. The topological polar surface area (TPSA) is 86.6 Å². The van der Waals surface area contributed by atoms with Gasteiger partial charge in [0.25, 0.3) is 0 Å². The van der Waals surface area contributed by atoms with Gasteiger partial charge >= 0.3 is 5.97 Å². The molecule has 6 heteroatoms. The molecule has 1 rings (SSSR count). The van der Waals surface area contributed by atoms with Gasteiger partial charge in [-0.25, -0.2) is 4.79 Å². The average molecular weight is 233 g/mol. The molecule has 0 aromatic carbocycles. The Morgan fingerprint density at radius 3 is 2.80 bits per heavy atom. The molecular formula is C9H15NO4S. The third kappa shape index (κ3) is 4.09. The maximum Gasteiger partial charge on any atom is 0.332 e. The zero-order valence-corrected chi connectivity index (χ0v) is 9.13. The molecule has 1 amide bonds. The van der Waals surface area contributed by atoms with Crippen LogP contribution in [0.5, 0.6) is 0 Å². The molecule has 2 atom stereocenters. The van der Waals surface area contributed by atoms with E-state index < -0.39 is 12.1 Å². The smallest absolute Gasteiger partial charge is 0.332 e. The quantitative estimate of drug-likeness (QED) is 0.614. The first-order valence-electron chi connectivity index (χ1n) is 4.91. The predicted molar refractivity (Wildman–Crippen MR) is 56.7 cm³/mol. The van der Waals surface area contributed by atoms with Crippen molar-refractivity contribution in [1.82, 2.24) is 5.32 Å². The summed E-state index contributed by atoms with van der Waals surface area (Å²) in [6, 6.07) is 0. The fraction of sp³-hybridized carbons (Fsp3) is 0.778. The summed E-state index contributed by atoms with van der Waals surface area (Å²) in [5, 5.41) is 20.0. The molecule has 15 heavy (non-hydrogen) atoms. The number of rotatable bonds is 5. The van der Waals surface area contributed by atoms with Crippen LogP contribution >= 0.6 is 11.8 Å². The molecule has 1 saturated heterocycles. The van der Waals surface area contributed by atoms with Crippen molar-refractivity contribution in [2.75, 3.05) is 12.3 Å². The van der Waals surface area contributed by atoms with Gasteiger partial charge in [-0.3, -0.25) is 4.79 Å². The van der Waals surface area contributed by atoms with E-state index >= 15 is 0 Å². The van der Waals surface area contributed by atoms with Crippen LogP contribution in [0, 0.1) is 0 Å². The van der Waals surface area contributed by atoms with Crippen LogP contribution in [0.15, 0.2) is 0 Å². The summed E-state index contributed by atoms with van der Waals surface area (Å²) in [7, 11) is 0. The largest absolute Gasteiger partial charge is 0.479 e. The first-order chi connectivity index (χ1) is 7.11. The maximum atomic E-state index is 11.4. The van der Waals surface area contributed by atoms with E-state index in [-0.39, 0.29) is 24.1 Å². The van der Waals surface area contributed by atoms with Crippen molar-refractivity contribution in [3.63, 3.8) is 0 Å². The van der Waals surface area contributed by atoms with Crippen LogP contribution in [0.2, 0.25) is 0 Å². The average Bonchev–Trinajstić information content (AvgIpc) is 2.70. The van der Waals surface area contributed by atoms with Crippen molar-refractivity contribution < 1.29 is 19.8 Å². The summed E-state index contributed by atoms with van der Waals surface area (Å²) in [5.74, 6) is -0.287. The molecule has 0 spiro atoms. The number of carboxylic acid groups (broad SMARTS) is 1. The number of carbonyl (C=O) groups is 2. The molecule has 5 nitrogen and oxygen atoms in total. The highest BCUT2D eigenvalue weighted by Gasteiger charge is 2.23. The molecule has 1 fully saturated rings. The van der Waals surface area contributed by atoms with E-state index in [0.717, 1.165) is 18.6 Å². The van der Waals surface area contributed by atoms with E-state index in [0.29, 0.717) is 0 Å². The van der Waals surface area contributed by atoms with Crippen LogP contribution in [0.25, 0.3) is 0 Å². The zero-order valence-electron chi connectivity index (χ0n) is 8.31. The van der Waals surface area contributed by atoms with Gasteiger partial charge in [0.05, 0.1) is 5.25 Å². The summed E-state index contributed by atoms with van der Waals surface area (Å²) in [4.78, 5) is 21.7. The lowest BCUT2D eigenvalue weighted by Gasteiger charge is -2.10. The highest BCUT2D eigenvalue weighted by atomic mass is 32.2. The Morgan fingerprint density at radius 1 is 1.53 bits per heavy atom. The predicted octanol–water partition coefficient (Wildman–Crippen LogP) is -0.166. The van der Waals surface area contributed by atoms with Gasteiger partial charge in [0.2, 0.25) is 5.91 Å². The molecule has 0 aliphatic carbocycles. The van der Waals surface area contributed by atoms with E-state index in [1.54, 1.807) is 11.8 Å². The van der Waals surface area contributed by atoms with Crippen LogP contribution in [-0.2, 0) is 9.59 Å². The van der Waals surface area contributed by atoms with Gasteiger partial charge in [0, 0.05) is 13.0 Å². The van der Waals surface area contributed by atoms with Crippen molar-refractivity contribution in [3.05, 3.63) is 0 Å². The minimum atomic E-state index is -1.39. The zero-order chi connectivity index (χ0) is 11.3. The SMILES string of the molecule is O=C(NCC[C@H](O)C(=O)O)C1CCCS1. The molecule has 1 aliphatic rings. The molecule has 0 aromatic rings. The molecule has 3 N–H and O–H groups in total. The Hall–Kier alpha value is -0.750. The van der Waals surface area contributed by atoms with Gasteiger partial charge in [-0.15, -0.1) is 11.8 Å². The summed E-state index contributed by atoms with van der Waals surface area (Å²) in [6.07, 6.45) is 0.610. The van der Waals surface area contributed by atoms with Gasteiger partial charge in [-0.1, -0.05) is 0 Å². The molecular weight excluding hydrogens is 218 g/mol. The Balaban J connectivity index is 2.14. The first kappa shape index (κ1) is 12.3. The minimum Gasteiger partial charge on any atom is -0.479 e. The second-order valence-electron chi connectivity index (χ2n) is 3.44. The number of carboxylic acids is 1. The fourth-order valence-electron chi connectivity index (χ4n) is 1.35. The van der Waals surface area contributed by atoms with Crippen LogP contribution in [0.1, 0.15) is 19.3 Å². The third-order valence-corrected chi connectivity index (χ3v) is 3.60. The van der Waals surface area contributed by atoms with Gasteiger partial charge in [-0.2, -0.15) is 0 Å². The molecule has 1 aliphatic heterocycles. The van der Waals surface area contributed by atoms with Crippen LogP contribution in [-0.4, -0.2) is 45.7 Å². The number of nitrogens with one attached hydrogen (secondary N) is 1. The normalized spacial score (nSPS) is 22.3. The van der Waals surface area contributed by atoms with E-state index in [9.17, 15) is 9.59 Å². The maximum absolute atomic E-state index is 11.4. The monoisotopic (exact) mass is 233 g/mol. The lowest BCUT2D eigenvalue weighted by molar-refractivity contribution is -0.147. The molecule has 0 aromatic heterocycles. The van der Waals surface area contributed by atoms with E-state index in [4.69, 9.17) is 10.2 Å². The highest BCUT2D eigenvalue weighted by molar-refractivity contribution is 8.00. The van der Waals surface area contributed by atoms with Crippen molar-refractivity contribution in [3.8, 4) is 0 Å². The Bertz CT molecular complexity index is 240. The number of aliphatic hydroxyl groups is 1. The Morgan fingerprint density at radius 2 is 2.27 bits per heavy atom. The molecule has 0 radical (unpaired) electrons. The van der Waals surface area contributed by atoms with Crippen LogP contribution in [0.3, 0.4) is 0 Å². The van der Waals surface area contributed by atoms with E-state index in [2.05, 4.69) is 5.32 Å². The van der Waals surface area contributed by atoms with Gasteiger partial charge in [0.1, 0.15) is 0 Å². The Kier molecular flexibility index (Phi) is 4.90. The number of thioether (sulfide) groups is 1. The lowest BCUT2D eigenvalue weighted by Crippen LogP contribution is -2.34. The molecule has 1 heterocycles. The second-order valence-corrected chi connectivity index (χ2v) is 4.75.